The molecule has 0 aromatic carbocycles. The van der Waals surface area contributed by atoms with Crippen LogP contribution in [0.25, 0.3) is 0 Å². The Labute approximate surface area is 158 Å². The zero-order valence-electron chi connectivity index (χ0n) is 16.1. The van der Waals surface area contributed by atoms with Crippen LogP contribution < -0.4 is 5.56 Å². The van der Waals surface area contributed by atoms with Gasteiger partial charge in [-0.05, 0) is 25.7 Å². The standard InChI is InChI=1S/C19H28N4O4/c1-13(24)23-7-3-4-15(11-23)16-10-17(25)21-19(20-16)14-5-8-22(9-6-14)18(26)12-27-2/h10,14-15H,3-9,11-12H2,1-2H3,(H,20,21,25)/t15-/m0/s1. The molecule has 0 unspecified atom stereocenters. The van der Waals surface area contributed by atoms with Crippen molar-refractivity contribution < 1.29 is 14.3 Å². The summed E-state index contributed by atoms with van der Waals surface area (Å²) in [5.41, 5.74) is 0.630. The normalized spacial score (nSPS) is 21.3. The number of amides is 2. The number of hydrogen-bond donors (Lipinski definition) is 1. The number of piperidine rings is 2. The maximum atomic E-state index is 12.2. The molecule has 3 rings (SSSR count). The molecule has 0 bridgehead atoms. The summed E-state index contributed by atoms with van der Waals surface area (Å²) in [4.78, 5) is 47.1. The van der Waals surface area contributed by atoms with Crippen LogP contribution in [0.1, 0.15) is 56.0 Å². The van der Waals surface area contributed by atoms with Gasteiger partial charge in [0.1, 0.15) is 12.4 Å². The molecule has 0 radical (unpaired) electrons. The van der Waals surface area contributed by atoms with Gasteiger partial charge >= 0.3 is 0 Å². The third-order valence-electron chi connectivity index (χ3n) is 5.57. The average molecular weight is 376 g/mol. The van der Waals surface area contributed by atoms with E-state index in [1.807, 2.05) is 4.90 Å². The van der Waals surface area contributed by atoms with Gasteiger partial charge < -0.3 is 19.5 Å². The fraction of sp³-hybridized carbons (Fsp3) is 0.684. The van der Waals surface area contributed by atoms with E-state index < -0.39 is 0 Å². The van der Waals surface area contributed by atoms with Gasteiger partial charge in [0, 0.05) is 58.1 Å². The lowest BCUT2D eigenvalue weighted by molar-refractivity contribution is -0.136. The molecule has 148 valence electrons. The molecular weight excluding hydrogens is 348 g/mol. The third-order valence-corrected chi connectivity index (χ3v) is 5.57. The van der Waals surface area contributed by atoms with Crippen molar-refractivity contribution in [2.75, 3.05) is 39.9 Å². The van der Waals surface area contributed by atoms with Crippen LogP contribution in [0.15, 0.2) is 10.9 Å². The molecule has 0 saturated carbocycles. The highest BCUT2D eigenvalue weighted by Crippen LogP contribution is 2.28. The van der Waals surface area contributed by atoms with Gasteiger partial charge in [-0.25, -0.2) is 4.98 Å². The number of nitrogens with one attached hydrogen (secondary N) is 1. The number of hydrogen-bond acceptors (Lipinski definition) is 5. The van der Waals surface area contributed by atoms with E-state index in [2.05, 4.69) is 4.98 Å². The van der Waals surface area contributed by atoms with Crippen molar-refractivity contribution >= 4 is 11.8 Å². The van der Waals surface area contributed by atoms with E-state index in [0.717, 1.165) is 37.9 Å². The van der Waals surface area contributed by atoms with E-state index in [0.29, 0.717) is 25.5 Å². The molecule has 1 atom stereocenters. The summed E-state index contributed by atoms with van der Waals surface area (Å²) in [6, 6.07) is 1.56. The minimum Gasteiger partial charge on any atom is -0.375 e. The second-order valence-corrected chi connectivity index (χ2v) is 7.45. The highest BCUT2D eigenvalue weighted by atomic mass is 16.5. The predicted octanol–water partition coefficient (Wildman–Crippen LogP) is 0.848. The fourth-order valence-corrected chi connectivity index (χ4v) is 4.02. The summed E-state index contributed by atoms with van der Waals surface area (Å²) in [6.45, 7) is 4.36. The number of carbonyl (C=O) groups excluding carboxylic acids is 2. The lowest BCUT2D eigenvalue weighted by atomic mass is 9.93. The summed E-state index contributed by atoms with van der Waals surface area (Å²) in [6.07, 6.45) is 3.40. The zero-order valence-corrected chi connectivity index (χ0v) is 16.1. The second-order valence-electron chi connectivity index (χ2n) is 7.45. The SMILES string of the molecule is COCC(=O)N1CCC(c2nc([C@H]3CCCN(C(C)=O)C3)cc(=O)[nH]2)CC1. The molecule has 2 aliphatic heterocycles. The van der Waals surface area contributed by atoms with Gasteiger partial charge in [-0.2, -0.15) is 0 Å². The van der Waals surface area contributed by atoms with Gasteiger partial charge in [0.15, 0.2) is 0 Å². The number of methoxy groups -OCH3 is 1. The first kappa shape index (κ1) is 19.5. The topological polar surface area (TPSA) is 95.6 Å². The largest absolute Gasteiger partial charge is 0.375 e. The Morgan fingerprint density at radius 2 is 1.93 bits per heavy atom. The number of ether oxygens (including phenoxy) is 1. The fourth-order valence-electron chi connectivity index (χ4n) is 4.02. The molecule has 2 aliphatic rings. The Morgan fingerprint density at radius 1 is 1.19 bits per heavy atom. The second kappa shape index (κ2) is 8.65. The Hall–Kier alpha value is -2.22. The number of carbonyl (C=O) groups is 2. The van der Waals surface area contributed by atoms with E-state index in [-0.39, 0.29) is 35.8 Å². The molecule has 1 aromatic heterocycles. The van der Waals surface area contributed by atoms with Crippen LogP contribution in [-0.4, -0.2) is 71.5 Å². The number of aromatic amines is 1. The molecule has 8 nitrogen and oxygen atoms in total. The summed E-state index contributed by atoms with van der Waals surface area (Å²) < 4.78 is 4.91. The first-order chi connectivity index (χ1) is 13.0. The summed E-state index contributed by atoms with van der Waals surface area (Å²) in [7, 11) is 1.52. The van der Waals surface area contributed by atoms with Gasteiger partial charge in [0.05, 0.1) is 5.69 Å². The van der Waals surface area contributed by atoms with Crippen molar-refractivity contribution in [2.24, 2.45) is 0 Å². The van der Waals surface area contributed by atoms with E-state index in [9.17, 15) is 14.4 Å². The van der Waals surface area contributed by atoms with E-state index >= 15 is 0 Å². The van der Waals surface area contributed by atoms with E-state index in [1.165, 1.54) is 7.11 Å². The molecule has 2 amide bonds. The number of likely N-dealkylation sites (tertiary alicyclic amines) is 2. The number of H-pyrrole nitrogens is 1. The molecule has 3 heterocycles. The lowest BCUT2D eigenvalue weighted by Gasteiger charge is -2.33. The van der Waals surface area contributed by atoms with Crippen LogP contribution in [0.2, 0.25) is 0 Å². The molecule has 1 aromatic rings. The predicted molar refractivity (Wildman–Crippen MR) is 99.5 cm³/mol. The lowest BCUT2D eigenvalue weighted by Crippen LogP contribution is -2.40. The molecule has 27 heavy (non-hydrogen) atoms. The summed E-state index contributed by atoms with van der Waals surface area (Å²) in [5, 5.41) is 0. The molecule has 2 saturated heterocycles. The van der Waals surface area contributed by atoms with Gasteiger partial charge in [-0.1, -0.05) is 0 Å². The van der Waals surface area contributed by atoms with Crippen LogP contribution in [0.3, 0.4) is 0 Å². The molecule has 8 heteroatoms. The minimum atomic E-state index is -0.146. The van der Waals surface area contributed by atoms with E-state index in [4.69, 9.17) is 9.72 Å². The van der Waals surface area contributed by atoms with Crippen molar-refractivity contribution in [3.63, 3.8) is 0 Å². The molecular formula is C19H28N4O4. The minimum absolute atomic E-state index is 0.00215. The quantitative estimate of drug-likeness (QED) is 0.840. The number of nitrogens with zero attached hydrogens (tertiary/aromatic N) is 3. The van der Waals surface area contributed by atoms with Crippen molar-refractivity contribution in [3.05, 3.63) is 27.9 Å². The molecule has 1 N–H and O–H groups in total. The van der Waals surface area contributed by atoms with Crippen molar-refractivity contribution in [3.8, 4) is 0 Å². The first-order valence-corrected chi connectivity index (χ1v) is 9.61. The van der Waals surface area contributed by atoms with Gasteiger partial charge in [0.25, 0.3) is 5.56 Å². The van der Waals surface area contributed by atoms with Crippen LogP contribution in [0.5, 0.6) is 0 Å². The molecule has 0 spiro atoms. The Bertz CT molecular complexity index is 739. The van der Waals surface area contributed by atoms with Crippen LogP contribution in [0.4, 0.5) is 0 Å². The Kier molecular flexibility index (Phi) is 6.26. The van der Waals surface area contributed by atoms with Gasteiger partial charge in [-0.15, -0.1) is 0 Å². The monoisotopic (exact) mass is 376 g/mol. The highest BCUT2D eigenvalue weighted by Gasteiger charge is 2.28. The van der Waals surface area contributed by atoms with Gasteiger partial charge in [-0.3, -0.25) is 14.4 Å². The maximum absolute atomic E-state index is 12.2. The van der Waals surface area contributed by atoms with Crippen molar-refractivity contribution in [2.45, 2.75) is 44.4 Å². The summed E-state index contributed by atoms with van der Waals surface area (Å²) in [5.74, 6) is 1.01. The van der Waals surface area contributed by atoms with E-state index in [1.54, 1.807) is 17.9 Å². The smallest absolute Gasteiger partial charge is 0.251 e. The highest BCUT2D eigenvalue weighted by molar-refractivity contribution is 5.77. The third kappa shape index (κ3) is 4.74. The number of aromatic nitrogens is 2. The maximum Gasteiger partial charge on any atom is 0.251 e. The van der Waals surface area contributed by atoms with Crippen LogP contribution in [0, 0.1) is 0 Å². The van der Waals surface area contributed by atoms with Gasteiger partial charge in [0.2, 0.25) is 11.8 Å². The average Bonchev–Trinajstić information content (AvgIpc) is 2.68. The first-order valence-electron chi connectivity index (χ1n) is 9.61. The van der Waals surface area contributed by atoms with Crippen LogP contribution in [-0.2, 0) is 14.3 Å². The Morgan fingerprint density at radius 3 is 2.59 bits per heavy atom. The zero-order chi connectivity index (χ0) is 19.4. The summed E-state index contributed by atoms with van der Waals surface area (Å²) >= 11 is 0. The van der Waals surface area contributed by atoms with Crippen molar-refractivity contribution in [1.29, 1.82) is 0 Å². The van der Waals surface area contributed by atoms with Crippen molar-refractivity contribution in [1.82, 2.24) is 19.8 Å². The molecule has 2 fully saturated rings. The van der Waals surface area contributed by atoms with Crippen LogP contribution >= 0.6 is 0 Å². The number of rotatable bonds is 4. The Balaban J connectivity index is 1.70. The molecule has 0 aliphatic carbocycles.